The molecule has 0 aliphatic rings. The van der Waals surface area contributed by atoms with Crippen LogP contribution in [0.4, 0.5) is 4.79 Å². The van der Waals surface area contributed by atoms with E-state index in [2.05, 4.69) is 5.10 Å². The molecule has 0 aliphatic heterocycles. The van der Waals surface area contributed by atoms with Gasteiger partial charge in [0.1, 0.15) is 0 Å². The summed E-state index contributed by atoms with van der Waals surface area (Å²) in [7, 11) is 0. The molecule has 102 valence electrons. The molecule has 0 saturated carbocycles. The Morgan fingerprint density at radius 3 is 2.00 bits per heavy atom. The quantitative estimate of drug-likeness (QED) is 0.899. The van der Waals surface area contributed by atoms with Gasteiger partial charge in [-0.2, -0.15) is 4.68 Å². The van der Waals surface area contributed by atoms with E-state index in [1.165, 1.54) is 0 Å². The fraction of sp³-hybridized carbons (Fsp3) is 0.692. The second-order valence-electron chi connectivity index (χ2n) is 5.40. The Bertz CT molecular complexity index is 461. The summed E-state index contributed by atoms with van der Waals surface area (Å²) in [6.07, 6.45) is 1.61. The van der Waals surface area contributed by atoms with Gasteiger partial charge in [0.05, 0.1) is 0 Å². The van der Waals surface area contributed by atoms with Gasteiger partial charge in [0.15, 0.2) is 0 Å². The third-order valence-corrected chi connectivity index (χ3v) is 2.95. The predicted octanol–water partition coefficient (Wildman–Crippen LogP) is 2.39. The number of hydrogen-bond acceptors (Lipinski definition) is 2. The summed E-state index contributed by atoms with van der Waals surface area (Å²) in [5, 5.41) is 2.76. The average Bonchev–Trinajstić information content (AvgIpc) is 2.58. The van der Waals surface area contributed by atoms with E-state index in [0.717, 1.165) is 4.68 Å². The summed E-state index contributed by atoms with van der Waals surface area (Å²) < 4.78 is 1.09. The Labute approximate surface area is 108 Å². The minimum atomic E-state index is -0.295. The topological polar surface area (TPSA) is 58.1 Å². The van der Waals surface area contributed by atoms with Crippen molar-refractivity contribution in [1.82, 2.24) is 14.7 Å². The fourth-order valence-electron chi connectivity index (χ4n) is 2.09. The zero-order valence-corrected chi connectivity index (χ0v) is 12.0. The number of nitrogens with one attached hydrogen (secondary N) is 1. The first kappa shape index (κ1) is 14.5. The molecule has 0 fully saturated rings. The zero-order valence-electron chi connectivity index (χ0n) is 12.0. The lowest BCUT2D eigenvalue weighted by Crippen LogP contribution is -2.47. The Kier molecular flexibility index (Phi) is 4.38. The van der Waals surface area contributed by atoms with Crippen LogP contribution in [0.15, 0.2) is 11.0 Å². The molecule has 1 rings (SSSR count). The molecule has 0 aromatic carbocycles. The zero-order chi connectivity index (χ0) is 14.0. The summed E-state index contributed by atoms with van der Waals surface area (Å²) in [5.41, 5.74) is 0.386. The van der Waals surface area contributed by atoms with Crippen molar-refractivity contribution in [2.24, 2.45) is 0 Å². The molecule has 0 radical (unpaired) electrons. The average molecular weight is 253 g/mol. The summed E-state index contributed by atoms with van der Waals surface area (Å²) in [6.45, 7) is 11.6. The lowest BCUT2D eigenvalue weighted by atomic mass is 10.1. The maximum atomic E-state index is 12.3. The monoisotopic (exact) mass is 253 g/mol. The highest BCUT2D eigenvalue weighted by Crippen LogP contribution is 2.10. The van der Waals surface area contributed by atoms with Gasteiger partial charge < -0.3 is 4.90 Å². The van der Waals surface area contributed by atoms with Crippen LogP contribution in [0, 0.1) is 0 Å². The van der Waals surface area contributed by atoms with Crippen LogP contribution in [0.5, 0.6) is 0 Å². The van der Waals surface area contributed by atoms with E-state index >= 15 is 0 Å². The summed E-state index contributed by atoms with van der Waals surface area (Å²) >= 11 is 0. The van der Waals surface area contributed by atoms with Crippen molar-refractivity contribution in [1.29, 1.82) is 0 Å². The van der Waals surface area contributed by atoms with E-state index in [1.54, 1.807) is 11.1 Å². The number of rotatable bonds is 3. The molecule has 0 spiro atoms. The van der Waals surface area contributed by atoms with Crippen molar-refractivity contribution in [2.45, 2.75) is 59.5 Å². The van der Waals surface area contributed by atoms with Crippen LogP contribution in [0.3, 0.4) is 0 Å². The third-order valence-electron chi connectivity index (χ3n) is 2.95. The van der Waals surface area contributed by atoms with Gasteiger partial charge in [-0.05, 0) is 33.6 Å². The number of aromatic nitrogens is 2. The predicted molar refractivity (Wildman–Crippen MR) is 72.0 cm³/mol. The van der Waals surface area contributed by atoms with Gasteiger partial charge in [-0.3, -0.25) is 9.89 Å². The van der Waals surface area contributed by atoms with Gasteiger partial charge in [-0.15, -0.1) is 0 Å². The van der Waals surface area contributed by atoms with E-state index < -0.39 is 0 Å². The molecule has 1 heterocycles. The highest BCUT2D eigenvalue weighted by Gasteiger charge is 2.24. The van der Waals surface area contributed by atoms with Crippen LogP contribution < -0.4 is 5.56 Å². The molecule has 0 unspecified atom stereocenters. The Hall–Kier alpha value is -1.52. The highest BCUT2D eigenvalue weighted by molar-refractivity contribution is 5.76. The molecule has 1 N–H and O–H groups in total. The Morgan fingerprint density at radius 1 is 1.17 bits per heavy atom. The smallest absolute Gasteiger partial charge is 0.318 e. The maximum Gasteiger partial charge on any atom is 0.346 e. The van der Waals surface area contributed by atoms with Gasteiger partial charge in [-0.1, -0.05) is 13.8 Å². The van der Waals surface area contributed by atoms with E-state index in [4.69, 9.17) is 0 Å². The van der Waals surface area contributed by atoms with Crippen molar-refractivity contribution in [3.8, 4) is 0 Å². The summed E-state index contributed by atoms with van der Waals surface area (Å²) in [5.74, 6) is 0.106. The third kappa shape index (κ3) is 2.66. The van der Waals surface area contributed by atoms with E-state index in [9.17, 15) is 9.59 Å². The lowest BCUT2D eigenvalue weighted by Gasteiger charge is -2.30. The van der Waals surface area contributed by atoms with Crippen LogP contribution in [-0.2, 0) is 0 Å². The van der Waals surface area contributed by atoms with Gasteiger partial charge in [0.25, 0.3) is 5.56 Å². The van der Waals surface area contributed by atoms with Crippen LogP contribution in [0.25, 0.3) is 0 Å². The van der Waals surface area contributed by atoms with Gasteiger partial charge in [0.2, 0.25) is 0 Å². The second kappa shape index (κ2) is 5.42. The van der Waals surface area contributed by atoms with Gasteiger partial charge in [-0.25, -0.2) is 4.79 Å². The molecule has 0 saturated heterocycles. The molecule has 1 aromatic rings. The molecule has 5 nitrogen and oxygen atoms in total. The van der Waals surface area contributed by atoms with Crippen molar-refractivity contribution < 1.29 is 4.79 Å². The molecule has 0 atom stereocenters. The van der Waals surface area contributed by atoms with Gasteiger partial charge >= 0.3 is 6.03 Å². The molecule has 0 bridgehead atoms. The first-order chi connectivity index (χ1) is 8.27. The number of carbonyl (C=O) groups is 1. The van der Waals surface area contributed by atoms with Crippen LogP contribution in [0.2, 0.25) is 0 Å². The normalized spacial score (nSPS) is 11.6. The number of hydrogen-bond donors (Lipinski definition) is 1. The number of nitrogens with zero attached hydrogens (tertiary/aromatic N) is 2. The van der Waals surface area contributed by atoms with Crippen LogP contribution >= 0.6 is 0 Å². The molecular formula is C13H23N3O2. The minimum absolute atomic E-state index is 0.0511. The molecular weight excluding hydrogens is 230 g/mol. The fourth-order valence-corrected chi connectivity index (χ4v) is 2.09. The van der Waals surface area contributed by atoms with Crippen molar-refractivity contribution >= 4 is 6.03 Å². The highest BCUT2D eigenvalue weighted by atomic mass is 16.2. The minimum Gasteiger partial charge on any atom is -0.318 e. The largest absolute Gasteiger partial charge is 0.346 e. The number of amides is 1. The standard InChI is InChI=1S/C13H23N3O2/c1-8(2)11-7-14-16(12(11)17)13(18)15(9(3)4)10(5)6/h7-10,14H,1-6H3. The molecule has 1 amide bonds. The van der Waals surface area contributed by atoms with E-state index in [0.29, 0.717) is 5.56 Å². The first-order valence-electron chi connectivity index (χ1n) is 6.40. The first-order valence-corrected chi connectivity index (χ1v) is 6.40. The van der Waals surface area contributed by atoms with Crippen molar-refractivity contribution in [3.63, 3.8) is 0 Å². The Balaban J connectivity index is 3.15. The number of aromatic amines is 1. The number of H-pyrrole nitrogens is 1. The van der Waals surface area contributed by atoms with Gasteiger partial charge in [0, 0.05) is 23.8 Å². The molecule has 18 heavy (non-hydrogen) atoms. The molecule has 0 aliphatic carbocycles. The van der Waals surface area contributed by atoms with Crippen LogP contribution in [0.1, 0.15) is 53.0 Å². The SMILES string of the molecule is CC(C)c1c[nH]n(C(=O)N(C(C)C)C(C)C)c1=O. The molecule has 5 heteroatoms. The summed E-state index contributed by atoms with van der Waals surface area (Å²) in [6, 6.07) is -0.192. The maximum absolute atomic E-state index is 12.3. The van der Waals surface area contributed by atoms with Crippen LogP contribution in [-0.4, -0.2) is 32.8 Å². The second-order valence-corrected chi connectivity index (χ2v) is 5.40. The summed E-state index contributed by atoms with van der Waals surface area (Å²) in [4.78, 5) is 26.1. The van der Waals surface area contributed by atoms with E-state index in [1.807, 2.05) is 41.5 Å². The Morgan fingerprint density at radius 2 is 1.67 bits per heavy atom. The molecule has 1 aromatic heterocycles. The van der Waals surface area contributed by atoms with E-state index in [-0.39, 0.29) is 29.6 Å². The lowest BCUT2D eigenvalue weighted by molar-refractivity contribution is 0.162. The van der Waals surface area contributed by atoms with Crippen molar-refractivity contribution in [2.75, 3.05) is 0 Å². The van der Waals surface area contributed by atoms with Crippen molar-refractivity contribution in [3.05, 3.63) is 22.1 Å². The number of carbonyl (C=O) groups excluding carboxylic acids is 1.